The number of hydrogen-bond donors (Lipinski definition) is 1. The van der Waals surface area contributed by atoms with Crippen LogP contribution < -0.4 is 28.6 Å². The molecule has 4 aromatic carbocycles. The van der Waals surface area contributed by atoms with Crippen LogP contribution in [0.3, 0.4) is 0 Å². The van der Waals surface area contributed by atoms with Gasteiger partial charge >= 0.3 is 0 Å². The molecule has 2 amide bonds. The lowest BCUT2D eigenvalue weighted by Gasteiger charge is -2.34. The summed E-state index contributed by atoms with van der Waals surface area (Å²) in [5.74, 6) is -0.701. The van der Waals surface area contributed by atoms with E-state index in [2.05, 4.69) is 5.32 Å². The molecule has 0 aromatic heterocycles. The summed E-state index contributed by atoms with van der Waals surface area (Å²) in [6.07, 6.45) is 0.122. The first-order valence-electron chi connectivity index (χ1n) is 15.8. The van der Waals surface area contributed by atoms with Gasteiger partial charge < -0.3 is 29.2 Å². The zero-order valence-corrected chi connectivity index (χ0v) is 29.7. The standard InChI is InChI=1S/C37H42FN3O8S/c1-25(2)39-37(43)32(20-26-10-8-7-9-11-26)40(23-27-12-14-28(38)15-13-27)36(42)24-41(31-21-29(46-3)16-18-33(31)47-4)50(44,45)30-17-19-34(48-5)35(22-30)49-6/h7-19,21-22,25,32H,20,23-24H2,1-6H3,(H,39,43)/t32-/m1/s1. The highest BCUT2D eigenvalue weighted by molar-refractivity contribution is 7.92. The summed E-state index contributed by atoms with van der Waals surface area (Å²) < 4.78 is 65.7. The molecule has 0 aliphatic heterocycles. The third-order valence-electron chi connectivity index (χ3n) is 7.84. The second kappa shape index (κ2) is 16.9. The molecule has 13 heteroatoms. The van der Waals surface area contributed by atoms with Crippen LogP contribution >= 0.6 is 0 Å². The number of anilines is 1. The lowest BCUT2D eigenvalue weighted by molar-refractivity contribution is -0.140. The summed E-state index contributed by atoms with van der Waals surface area (Å²) in [6.45, 7) is 2.73. The summed E-state index contributed by atoms with van der Waals surface area (Å²) in [6, 6.07) is 22.0. The van der Waals surface area contributed by atoms with Crippen LogP contribution in [0.15, 0.2) is 95.9 Å². The Balaban J connectivity index is 1.90. The second-order valence-electron chi connectivity index (χ2n) is 11.6. The number of sulfonamides is 1. The van der Waals surface area contributed by atoms with Crippen LogP contribution in [0.25, 0.3) is 0 Å². The number of rotatable bonds is 16. The first-order chi connectivity index (χ1) is 23.9. The number of ether oxygens (including phenoxy) is 4. The van der Waals surface area contributed by atoms with Gasteiger partial charge in [0.25, 0.3) is 10.0 Å². The summed E-state index contributed by atoms with van der Waals surface area (Å²) >= 11 is 0. The van der Waals surface area contributed by atoms with Crippen molar-refractivity contribution in [2.24, 2.45) is 0 Å². The molecule has 0 saturated carbocycles. The molecule has 0 aliphatic carbocycles. The van der Waals surface area contributed by atoms with Crippen LogP contribution in [0.5, 0.6) is 23.0 Å². The highest BCUT2D eigenvalue weighted by Gasteiger charge is 2.36. The van der Waals surface area contributed by atoms with Gasteiger partial charge in [-0.15, -0.1) is 0 Å². The molecule has 0 saturated heterocycles. The molecular formula is C37H42FN3O8S. The summed E-state index contributed by atoms with van der Waals surface area (Å²) in [5.41, 5.74) is 1.32. The fourth-order valence-electron chi connectivity index (χ4n) is 5.33. The maximum absolute atomic E-state index is 14.7. The van der Waals surface area contributed by atoms with Crippen molar-refractivity contribution < 1.29 is 41.3 Å². The van der Waals surface area contributed by atoms with Gasteiger partial charge in [-0.25, -0.2) is 12.8 Å². The Morgan fingerprint density at radius 3 is 2.00 bits per heavy atom. The van der Waals surface area contributed by atoms with E-state index >= 15 is 0 Å². The number of benzene rings is 4. The molecule has 0 fully saturated rings. The second-order valence-corrected chi connectivity index (χ2v) is 13.4. The molecule has 11 nitrogen and oxygen atoms in total. The van der Waals surface area contributed by atoms with Gasteiger partial charge in [0.1, 0.15) is 29.9 Å². The van der Waals surface area contributed by atoms with Crippen molar-refractivity contribution >= 4 is 27.5 Å². The predicted octanol–water partition coefficient (Wildman–Crippen LogP) is 5.22. The van der Waals surface area contributed by atoms with E-state index < -0.39 is 40.2 Å². The van der Waals surface area contributed by atoms with Gasteiger partial charge in [0, 0.05) is 31.1 Å². The topological polar surface area (TPSA) is 124 Å². The van der Waals surface area contributed by atoms with Gasteiger partial charge in [-0.1, -0.05) is 42.5 Å². The fourth-order valence-corrected chi connectivity index (χ4v) is 6.76. The number of carbonyl (C=O) groups is 2. The number of nitrogens with one attached hydrogen (secondary N) is 1. The third-order valence-corrected chi connectivity index (χ3v) is 9.60. The van der Waals surface area contributed by atoms with Crippen molar-refractivity contribution in [3.05, 3.63) is 108 Å². The van der Waals surface area contributed by atoms with Gasteiger partial charge in [0.2, 0.25) is 11.8 Å². The highest BCUT2D eigenvalue weighted by Crippen LogP contribution is 2.38. The molecule has 1 N–H and O–H groups in total. The first-order valence-corrected chi connectivity index (χ1v) is 17.2. The fraction of sp³-hybridized carbons (Fsp3) is 0.297. The third kappa shape index (κ3) is 9.03. The van der Waals surface area contributed by atoms with Crippen molar-refractivity contribution in [3.63, 3.8) is 0 Å². The number of halogens is 1. The normalized spacial score (nSPS) is 11.8. The minimum absolute atomic E-state index is 0.0166. The Morgan fingerprint density at radius 1 is 0.760 bits per heavy atom. The van der Waals surface area contributed by atoms with Crippen molar-refractivity contribution in [2.75, 3.05) is 39.3 Å². The Labute approximate surface area is 292 Å². The Bertz CT molecular complexity index is 1870. The lowest BCUT2D eigenvalue weighted by Crippen LogP contribution is -2.54. The SMILES string of the molecule is COc1ccc(OC)c(N(CC(=O)N(Cc2ccc(F)cc2)[C@H](Cc2ccccc2)C(=O)NC(C)C)S(=O)(=O)c2ccc(OC)c(OC)c2)c1. The number of nitrogens with zero attached hydrogens (tertiary/aromatic N) is 2. The van der Waals surface area contributed by atoms with Crippen molar-refractivity contribution in [2.45, 2.75) is 43.8 Å². The molecule has 50 heavy (non-hydrogen) atoms. The molecule has 4 aromatic rings. The van der Waals surface area contributed by atoms with E-state index in [1.165, 1.54) is 87.9 Å². The van der Waals surface area contributed by atoms with E-state index in [-0.39, 0.29) is 41.1 Å². The minimum atomic E-state index is -4.54. The van der Waals surface area contributed by atoms with Gasteiger partial charge in [0.05, 0.1) is 39.0 Å². The van der Waals surface area contributed by atoms with Crippen LogP contribution in [0.4, 0.5) is 10.1 Å². The highest BCUT2D eigenvalue weighted by atomic mass is 32.2. The average Bonchev–Trinajstić information content (AvgIpc) is 3.12. The molecule has 0 aliphatic rings. The Kier molecular flexibility index (Phi) is 12.7. The number of methoxy groups -OCH3 is 4. The maximum Gasteiger partial charge on any atom is 0.265 e. The largest absolute Gasteiger partial charge is 0.497 e. The van der Waals surface area contributed by atoms with Gasteiger partial charge in [0.15, 0.2) is 11.5 Å². The molecule has 0 spiro atoms. The summed E-state index contributed by atoms with van der Waals surface area (Å²) in [4.78, 5) is 29.7. The van der Waals surface area contributed by atoms with Gasteiger partial charge in [-0.05, 0) is 61.4 Å². The monoisotopic (exact) mass is 707 g/mol. The molecule has 4 rings (SSSR count). The van der Waals surface area contributed by atoms with E-state index in [1.54, 1.807) is 19.9 Å². The van der Waals surface area contributed by atoms with Crippen LogP contribution in [-0.2, 0) is 32.6 Å². The molecule has 1 atom stereocenters. The van der Waals surface area contributed by atoms with Crippen molar-refractivity contribution in [1.82, 2.24) is 10.2 Å². The zero-order valence-electron chi connectivity index (χ0n) is 28.9. The quantitative estimate of drug-likeness (QED) is 0.168. The van der Waals surface area contributed by atoms with Crippen molar-refractivity contribution in [1.29, 1.82) is 0 Å². The van der Waals surface area contributed by atoms with E-state index in [4.69, 9.17) is 18.9 Å². The zero-order chi connectivity index (χ0) is 36.4. The van der Waals surface area contributed by atoms with E-state index in [0.29, 0.717) is 17.1 Å². The number of carbonyl (C=O) groups excluding carboxylic acids is 2. The molecule has 0 bridgehead atoms. The molecule has 0 radical (unpaired) electrons. The van der Waals surface area contributed by atoms with Crippen LogP contribution in [0.1, 0.15) is 25.0 Å². The molecule has 266 valence electrons. The molecule has 0 heterocycles. The molecular weight excluding hydrogens is 665 g/mol. The van der Waals surface area contributed by atoms with Crippen LogP contribution in [-0.4, -0.2) is 72.2 Å². The maximum atomic E-state index is 14.7. The van der Waals surface area contributed by atoms with Gasteiger partial charge in [-0.3, -0.25) is 13.9 Å². The van der Waals surface area contributed by atoms with E-state index in [1.807, 2.05) is 30.3 Å². The van der Waals surface area contributed by atoms with E-state index in [0.717, 1.165) is 9.87 Å². The first kappa shape index (κ1) is 37.5. The number of amides is 2. The number of hydrogen-bond acceptors (Lipinski definition) is 8. The van der Waals surface area contributed by atoms with Crippen molar-refractivity contribution in [3.8, 4) is 23.0 Å². The smallest absolute Gasteiger partial charge is 0.265 e. The predicted molar refractivity (Wildman–Crippen MR) is 188 cm³/mol. The summed E-state index contributed by atoms with van der Waals surface area (Å²) in [5, 5.41) is 2.90. The Morgan fingerprint density at radius 2 is 1.40 bits per heavy atom. The van der Waals surface area contributed by atoms with Crippen LogP contribution in [0.2, 0.25) is 0 Å². The van der Waals surface area contributed by atoms with Crippen LogP contribution in [0, 0.1) is 5.82 Å². The van der Waals surface area contributed by atoms with E-state index in [9.17, 15) is 22.4 Å². The average molecular weight is 708 g/mol. The molecule has 0 unspecified atom stereocenters. The Hall–Kier alpha value is -5.30. The lowest BCUT2D eigenvalue weighted by atomic mass is 10.0. The summed E-state index contributed by atoms with van der Waals surface area (Å²) in [7, 11) is 1.07. The minimum Gasteiger partial charge on any atom is -0.497 e. The van der Waals surface area contributed by atoms with Gasteiger partial charge in [-0.2, -0.15) is 0 Å².